The number of allylic oxidation sites excluding steroid dienone is 5. The third-order valence-electron chi connectivity index (χ3n) is 6.70. The summed E-state index contributed by atoms with van der Waals surface area (Å²) in [6.07, 6.45) is 28.4. The summed E-state index contributed by atoms with van der Waals surface area (Å²) in [5.41, 5.74) is 0. The Balaban J connectivity index is 0. The second-order valence-corrected chi connectivity index (χ2v) is 11.0. The number of hydrogen-bond acceptors (Lipinski definition) is 6. The molecule has 44 heavy (non-hydrogen) atoms. The van der Waals surface area contributed by atoms with Crippen molar-refractivity contribution < 1.29 is 39.6 Å². The Morgan fingerprint density at radius 2 is 0.955 bits per heavy atom. The number of carboxylic acid groups (broad SMARTS) is 2. The van der Waals surface area contributed by atoms with Crippen molar-refractivity contribution in [3.05, 3.63) is 48.6 Å². The van der Waals surface area contributed by atoms with Crippen molar-refractivity contribution in [1.29, 1.82) is 0 Å². The van der Waals surface area contributed by atoms with Gasteiger partial charge >= 0.3 is 11.9 Å². The highest BCUT2D eigenvalue weighted by molar-refractivity contribution is 5.90. The molecule has 0 bridgehead atoms. The van der Waals surface area contributed by atoms with Gasteiger partial charge in [0.05, 0.1) is 12.2 Å². The Hall–Kier alpha value is -2.84. The fraction of sp³-hybridized carbons (Fsp3) is 0.667. The first-order valence-electron chi connectivity index (χ1n) is 16.6. The van der Waals surface area contributed by atoms with Crippen LogP contribution in [0.3, 0.4) is 0 Å². The molecule has 0 heterocycles. The van der Waals surface area contributed by atoms with E-state index >= 15 is 0 Å². The first-order valence-corrected chi connectivity index (χ1v) is 16.6. The van der Waals surface area contributed by atoms with E-state index in [4.69, 9.17) is 10.2 Å². The van der Waals surface area contributed by atoms with E-state index in [1.165, 1.54) is 12.2 Å². The van der Waals surface area contributed by atoms with E-state index in [-0.39, 0.29) is 24.4 Å². The zero-order chi connectivity index (χ0) is 33.3. The molecule has 0 aromatic carbocycles. The summed E-state index contributed by atoms with van der Waals surface area (Å²) in [6, 6.07) is 0. The second-order valence-electron chi connectivity index (χ2n) is 11.0. The summed E-state index contributed by atoms with van der Waals surface area (Å²) < 4.78 is 0. The lowest BCUT2D eigenvalue weighted by molar-refractivity contribution is -0.138. The van der Waals surface area contributed by atoms with Crippen molar-refractivity contribution in [3.63, 3.8) is 0 Å². The molecular weight excluding hydrogens is 560 g/mol. The molecule has 0 spiro atoms. The first kappa shape index (κ1) is 43.3. The lowest BCUT2D eigenvalue weighted by atomic mass is 10.1. The van der Waals surface area contributed by atoms with Gasteiger partial charge in [-0.2, -0.15) is 0 Å². The molecule has 0 aliphatic rings. The van der Waals surface area contributed by atoms with Crippen LogP contribution >= 0.6 is 0 Å². The minimum atomic E-state index is -0.740. The maximum atomic E-state index is 11.6. The molecule has 0 aromatic heterocycles. The van der Waals surface area contributed by atoms with Crippen molar-refractivity contribution in [2.45, 2.75) is 154 Å². The molecule has 2 unspecified atom stereocenters. The number of unbranched alkanes of at least 4 members (excludes halogenated alkanes) is 9. The highest BCUT2D eigenvalue weighted by atomic mass is 16.4. The average Bonchev–Trinajstić information content (AvgIpc) is 2.98. The molecule has 4 N–H and O–H groups in total. The molecule has 0 saturated heterocycles. The Morgan fingerprint density at radius 1 is 0.523 bits per heavy atom. The van der Waals surface area contributed by atoms with E-state index in [0.717, 1.165) is 89.9 Å². The van der Waals surface area contributed by atoms with Crippen LogP contribution in [0.4, 0.5) is 0 Å². The average molecular weight is 621 g/mol. The molecule has 0 aliphatic heterocycles. The summed E-state index contributed by atoms with van der Waals surface area (Å²) in [5, 5.41) is 36.4. The van der Waals surface area contributed by atoms with Gasteiger partial charge in [0, 0.05) is 25.7 Å². The van der Waals surface area contributed by atoms with Crippen molar-refractivity contribution in [1.82, 2.24) is 0 Å². The number of carbonyl (C=O) groups excluding carboxylic acids is 2. The van der Waals surface area contributed by atoms with Gasteiger partial charge in [-0.3, -0.25) is 19.2 Å². The van der Waals surface area contributed by atoms with Crippen LogP contribution in [0.15, 0.2) is 48.6 Å². The molecule has 252 valence electrons. The van der Waals surface area contributed by atoms with Gasteiger partial charge in [-0.1, -0.05) is 102 Å². The number of aliphatic carboxylic acids is 2. The van der Waals surface area contributed by atoms with Crippen molar-refractivity contribution in [3.8, 4) is 0 Å². The Labute approximate surface area is 266 Å². The normalized spacial score (nSPS) is 13.0. The largest absolute Gasteiger partial charge is 0.481 e. The molecule has 0 aliphatic carbocycles. The van der Waals surface area contributed by atoms with Crippen molar-refractivity contribution >= 4 is 23.5 Å². The minimum Gasteiger partial charge on any atom is -0.481 e. The number of carbonyl (C=O) groups is 4. The number of carboxylic acids is 2. The highest BCUT2D eigenvalue weighted by Gasteiger charge is 2.03. The topological polar surface area (TPSA) is 149 Å². The van der Waals surface area contributed by atoms with Crippen LogP contribution in [0, 0.1) is 0 Å². The molecule has 0 amide bonds. The number of aliphatic hydroxyl groups is 2. The van der Waals surface area contributed by atoms with Crippen LogP contribution in [-0.2, 0) is 19.2 Å². The van der Waals surface area contributed by atoms with Crippen LogP contribution in [0.1, 0.15) is 142 Å². The van der Waals surface area contributed by atoms with Gasteiger partial charge in [0.15, 0.2) is 11.6 Å². The lowest BCUT2D eigenvalue weighted by Crippen LogP contribution is -2.03. The van der Waals surface area contributed by atoms with Crippen LogP contribution in [0.25, 0.3) is 0 Å². The fourth-order valence-corrected chi connectivity index (χ4v) is 4.13. The maximum absolute atomic E-state index is 11.6. The van der Waals surface area contributed by atoms with Crippen LogP contribution < -0.4 is 0 Å². The maximum Gasteiger partial charge on any atom is 0.303 e. The van der Waals surface area contributed by atoms with Crippen molar-refractivity contribution in [2.24, 2.45) is 0 Å². The molecular formula is C36H60O8. The predicted molar refractivity (Wildman–Crippen MR) is 178 cm³/mol. The van der Waals surface area contributed by atoms with E-state index in [1.807, 2.05) is 31.2 Å². The van der Waals surface area contributed by atoms with Gasteiger partial charge in [0.25, 0.3) is 0 Å². The van der Waals surface area contributed by atoms with Gasteiger partial charge in [-0.15, -0.1) is 0 Å². The second kappa shape index (κ2) is 33.1. The number of rotatable bonds is 28. The van der Waals surface area contributed by atoms with Gasteiger partial charge in [0.2, 0.25) is 0 Å². The third kappa shape index (κ3) is 37.2. The summed E-state index contributed by atoms with van der Waals surface area (Å²) in [5.74, 6) is -1.36. The Bertz CT molecular complexity index is 856. The zero-order valence-electron chi connectivity index (χ0n) is 27.3. The standard InChI is InChI=1S/2C18H30O4/c1-2-3-8-11-16(19)14-15-17(20)12-9-6-4-5-7-10-13-18(21)22;1-2-3-4-8-11-16(19)14-15-17(20)12-9-6-5-7-10-13-18(21)22/h3,8,14-16,19H,2,4-7,9-13H2,1H3,(H,21,22);3-4,14-15,17,20H,2,5-13H2,1H3,(H,21,22)/b8-3-,15-14+;4-3-,15-14+. The molecule has 0 aromatic rings. The minimum absolute atomic E-state index is 0.0495. The number of ketones is 2. The van der Waals surface area contributed by atoms with E-state index in [0.29, 0.717) is 25.7 Å². The zero-order valence-corrected chi connectivity index (χ0v) is 27.3. The number of aliphatic hydroxyl groups excluding tert-OH is 2. The molecule has 8 nitrogen and oxygen atoms in total. The molecule has 8 heteroatoms. The third-order valence-corrected chi connectivity index (χ3v) is 6.70. The quantitative estimate of drug-likeness (QED) is 0.0390. The monoisotopic (exact) mass is 620 g/mol. The SMILES string of the molecule is CC/C=C\CC(O)/C=C/C(=O)CCCCCCCCC(=O)O.CC/C=C\CCC(=O)/C=C/C(O)CCCCCCCC(=O)O. The Morgan fingerprint density at radius 3 is 1.48 bits per heavy atom. The Kier molecular flexibility index (Phi) is 32.5. The van der Waals surface area contributed by atoms with Gasteiger partial charge in [-0.05, 0) is 63.5 Å². The van der Waals surface area contributed by atoms with E-state index < -0.39 is 24.1 Å². The van der Waals surface area contributed by atoms with Crippen LogP contribution in [0.2, 0.25) is 0 Å². The summed E-state index contributed by atoms with van der Waals surface area (Å²) in [6.45, 7) is 4.09. The summed E-state index contributed by atoms with van der Waals surface area (Å²) >= 11 is 0. The summed E-state index contributed by atoms with van der Waals surface area (Å²) in [4.78, 5) is 43.8. The molecule has 0 rings (SSSR count). The fourth-order valence-electron chi connectivity index (χ4n) is 4.13. The first-order chi connectivity index (χ1) is 21.1. The van der Waals surface area contributed by atoms with E-state index in [2.05, 4.69) is 6.92 Å². The van der Waals surface area contributed by atoms with Crippen molar-refractivity contribution in [2.75, 3.05) is 0 Å². The van der Waals surface area contributed by atoms with Crippen LogP contribution in [-0.4, -0.2) is 56.1 Å². The molecule has 2 atom stereocenters. The van der Waals surface area contributed by atoms with Gasteiger partial charge in [-0.25, -0.2) is 0 Å². The lowest BCUT2D eigenvalue weighted by Gasteiger charge is -2.05. The summed E-state index contributed by atoms with van der Waals surface area (Å²) in [7, 11) is 0. The smallest absolute Gasteiger partial charge is 0.303 e. The molecule has 0 saturated carbocycles. The van der Waals surface area contributed by atoms with Crippen LogP contribution in [0.5, 0.6) is 0 Å². The molecule has 0 radical (unpaired) electrons. The van der Waals surface area contributed by atoms with E-state index in [9.17, 15) is 29.4 Å². The predicted octanol–water partition coefficient (Wildman–Crippen LogP) is 8.07. The highest BCUT2D eigenvalue weighted by Crippen LogP contribution is 2.11. The van der Waals surface area contributed by atoms with Gasteiger partial charge in [0.1, 0.15) is 0 Å². The van der Waals surface area contributed by atoms with Gasteiger partial charge < -0.3 is 20.4 Å². The van der Waals surface area contributed by atoms with E-state index in [1.54, 1.807) is 12.2 Å². The number of hydrogen-bond donors (Lipinski definition) is 4. The molecule has 0 fully saturated rings.